The highest BCUT2D eigenvalue weighted by atomic mass is 32.1. The van der Waals surface area contributed by atoms with Crippen molar-refractivity contribution in [2.24, 2.45) is 0 Å². The third-order valence-corrected chi connectivity index (χ3v) is 5.13. The van der Waals surface area contributed by atoms with Crippen LogP contribution in [0.4, 0.5) is 0 Å². The van der Waals surface area contributed by atoms with Crippen LogP contribution < -0.4 is 0 Å². The SMILES string of the molecule is CCCN1CCOC(c2nc3c(s2)CCCC3O)C1. The lowest BCUT2D eigenvalue weighted by molar-refractivity contribution is -0.0301. The first-order valence-corrected chi connectivity index (χ1v) is 8.11. The van der Waals surface area contributed by atoms with Crippen molar-refractivity contribution < 1.29 is 9.84 Å². The van der Waals surface area contributed by atoms with Crippen molar-refractivity contribution >= 4 is 11.3 Å². The highest BCUT2D eigenvalue weighted by Crippen LogP contribution is 2.36. The molecule has 1 N–H and O–H groups in total. The summed E-state index contributed by atoms with van der Waals surface area (Å²) in [6.45, 7) is 6.10. The number of rotatable bonds is 3. The van der Waals surface area contributed by atoms with Crippen LogP contribution in [0.5, 0.6) is 0 Å². The number of fused-ring (bicyclic) bond motifs is 1. The minimum Gasteiger partial charge on any atom is -0.387 e. The second kappa shape index (κ2) is 5.87. The van der Waals surface area contributed by atoms with E-state index in [4.69, 9.17) is 4.74 Å². The van der Waals surface area contributed by atoms with Gasteiger partial charge in [-0.25, -0.2) is 4.98 Å². The molecule has 1 saturated heterocycles. The van der Waals surface area contributed by atoms with Gasteiger partial charge in [0.2, 0.25) is 0 Å². The Balaban J connectivity index is 1.75. The summed E-state index contributed by atoms with van der Waals surface area (Å²) in [4.78, 5) is 8.38. The van der Waals surface area contributed by atoms with Crippen molar-refractivity contribution in [2.75, 3.05) is 26.2 Å². The molecule has 2 atom stereocenters. The number of aliphatic hydroxyl groups is 1. The van der Waals surface area contributed by atoms with Crippen LogP contribution in [-0.2, 0) is 11.2 Å². The minimum absolute atomic E-state index is 0.100. The lowest BCUT2D eigenvalue weighted by Gasteiger charge is -2.31. The van der Waals surface area contributed by atoms with Gasteiger partial charge in [0, 0.05) is 18.0 Å². The molecule has 2 aliphatic rings. The third kappa shape index (κ3) is 2.84. The predicted octanol–water partition coefficient (Wildman–Crippen LogP) is 2.30. The van der Waals surface area contributed by atoms with Crippen LogP contribution in [0.3, 0.4) is 0 Å². The number of aliphatic hydroxyl groups excluding tert-OH is 1. The largest absolute Gasteiger partial charge is 0.387 e. The van der Waals surface area contributed by atoms with Gasteiger partial charge in [-0.15, -0.1) is 11.3 Å². The van der Waals surface area contributed by atoms with Gasteiger partial charge >= 0.3 is 0 Å². The van der Waals surface area contributed by atoms with Gasteiger partial charge in [0.25, 0.3) is 0 Å². The summed E-state index contributed by atoms with van der Waals surface area (Å²) in [7, 11) is 0. The molecule has 4 nitrogen and oxygen atoms in total. The van der Waals surface area contributed by atoms with Crippen LogP contribution in [0.15, 0.2) is 0 Å². The molecule has 0 radical (unpaired) electrons. The number of aryl methyl sites for hydroxylation is 1. The van der Waals surface area contributed by atoms with E-state index in [0.717, 1.165) is 56.2 Å². The first-order valence-electron chi connectivity index (χ1n) is 7.29. The minimum atomic E-state index is -0.357. The van der Waals surface area contributed by atoms with Gasteiger partial charge in [-0.3, -0.25) is 4.90 Å². The van der Waals surface area contributed by atoms with Gasteiger partial charge in [-0.05, 0) is 32.2 Å². The standard InChI is InChI=1S/C14H22N2O2S/c1-2-6-16-7-8-18-11(9-16)14-15-13-10(17)4-3-5-12(13)19-14/h10-11,17H,2-9H2,1H3. The first kappa shape index (κ1) is 13.5. The Morgan fingerprint density at radius 3 is 3.21 bits per heavy atom. The molecule has 1 aliphatic heterocycles. The number of morpholine rings is 1. The van der Waals surface area contributed by atoms with Gasteiger partial charge in [0.05, 0.1) is 18.4 Å². The fourth-order valence-electron chi connectivity index (χ4n) is 2.92. The topological polar surface area (TPSA) is 45.6 Å². The van der Waals surface area contributed by atoms with E-state index in [1.54, 1.807) is 11.3 Å². The van der Waals surface area contributed by atoms with Gasteiger partial charge in [-0.2, -0.15) is 0 Å². The van der Waals surface area contributed by atoms with E-state index in [1.807, 2.05) is 0 Å². The molecule has 2 unspecified atom stereocenters. The number of nitrogens with zero attached hydrogens (tertiary/aromatic N) is 2. The van der Waals surface area contributed by atoms with E-state index < -0.39 is 0 Å². The molecule has 1 fully saturated rings. The number of hydrogen-bond acceptors (Lipinski definition) is 5. The maximum absolute atomic E-state index is 10.0. The third-order valence-electron chi connectivity index (χ3n) is 3.91. The van der Waals surface area contributed by atoms with E-state index in [-0.39, 0.29) is 12.2 Å². The quantitative estimate of drug-likeness (QED) is 0.924. The summed E-state index contributed by atoms with van der Waals surface area (Å²) in [5.41, 5.74) is 0.919. The highest BCUT2D eigenvalue weighted by molar-refractivity contribution is 7.11. The number of ether oxygens (including phenoxy) is 1. The number of aromatic nitrogens is 1. The molecule has 5 heteroatoms. The van der Waals surface area contributed by atoms with E-state index >= 15 is 0 Å². The van der Waals surface area contributed by atoms with Crippen molar-refractivity contribution in [1.29, 1.82) is 0 Å². The van der Waals surface area contributed by atoms with Crippen molar-refractivity contribution in [2.45, 2.75) is 44.8 Å². The first-order chi connectivity index (χ1) is 9.28. The molecule has 0 bridgehead atoms. The van der Waals surface area contributed by atoms with Crippen LogP contribution in [0.25, 0.3) is 0 Å². The Labute approximate surface area is 118 Å². The highest BCUT2D eigenvalue weighted by Gasteiger charge is 2.28. The van der Waals surface area contributed by atoms with Crippen molar-refractivity contribution in [3.63, 3.8) is 0 Å². The van der Waals surface area contributed by atoms with Crippen molar-refractivity contribution in [3.05, 3.63) is 15.6 Å². The lowest BCUT2D eigenvalue weighted by Crippen LogP contribution is -2.38. The Morgan fingerprint density at radius 2 is 2.42 bits per heavy atom. The Morgan fingerprint density at radius 1 is 1.53 bits per heavy atom. The Kier molecular flexibility index (Phi) is 4.17. The average molecular weight is 282 g/mol. The number of thiazole rings is 1. The summed E-state index contributed by atoms with van der Waals surface area (Å²) < 4.78 is 5.88. The summed E-state index contributed by atoms with van der Waals surface area (Å²) >= 11 is 1.74. The summed E-state index contributed by atoms with van der Waals surface area (Å²) in [6.07, 6.45) is 3.91. The van der Waals surface area contributed by atoms with Crippen LogP contribution in [0, 0.1) is 0 Å². The molecular weight excluding hydrogens is 260 g/mol. The average Bonchev–Trinajstić information content (AvgIpc) is 2.85. The number of hydrogen-bond donors (Lipinski definition) is 1. The molecule has 1 aliphatic carbocycles. The van der Waals surface area contributed by atoms with E-state index in [2.05, 4.69) is 16.8 Å². The van der Waals surface area contributed by atoms with Crippen molar-refractivity contribution in [3.8, 4) is 0 Å². The molecule has 0 spiro atoms. The lowest BCUT2D eigenvalue weighted by atomic mass is 10.0. The fourth-order valence-corrected chi connectivity index (χ4v) is 4.13. The molecule has 2 heterocycles. The molecule has 1 aromatic rings. The smallest absolute Gasteiger partial charge is 0.123 e. The second-order valence-corrected chi connectivity index (χ2v) is 6.54. The van der Waals surface area contributed by atoms with Crippen LogP contribution >= 0.6 is 11.3 Å². The Bertz CT molecular complexity index is 433. The van der Waals surface area contributed by atoms with Gasteiger partial charge in [0.15, 0.2) is 0 Å². The molecule has 106 valence electrons. The van der Waals surface area contributed by atoms with Crippen LogP contribution in [0.2, 0.25) is 0 Å². The predicted molar refractivity (Wildman–Crippen MR) is 75.4 cm³/mol. The van der Waals surface area contributed by atoms with Crippen molar-refractivity contribution in [1.82, 2.24) is 9.88 Å². The maximum atomic E-state index is 10.0. The molecule has 1 aromatic heterocycles. The molecule has 0 saturated carbocycles. The normalized spacial score (nSPS) is 28.3. The monoisotopic (exact) mass is 282 g/mol. The second-order valence-electron chi connectivity index (χ2n) is 5.43. The summed E-state index contributed by atoms with van der Waals surface area (Å²) in [5.74, 6) is 0. The van der Waals surface area contributed by atoms with E-state index in [0.29, 0.717) is 0 Å². The van der Waals surface area contributed by atoms with Gasteiger partial charge in [-0.1, -0.05) is 6.92 Å². The molecule has 0 amide bonds. The zero-order chi connectivity index (χ0) is 13.2. The zero-order valence-corrected chi connectivity index (χ0v) is 12.3. The summed E-state index contributed by atoms with van der Waals surface area (Å²) in [5, 5.41) is 11.1. The fraction of sp³-hybridized carbons (Fsp3) is 0.786. The van der Waals surface area contributed by atoms with Crippen LogP contribution in [-0.4, -0.2) is 41.2 Å². The maximum Gasteiger partial charge on any atom is 0.123 e. The molecule has 19 heavy (non-hydrogen) atoms. The Hall–Kier alpha value is -0.490. The van der Waals surface area contributed by atoms with Crippen LogP contribution in [0.1, 0.15) is 54.0 Å². The molecular formula is C14H22N2O2S. The summed E-state index contributed by atoms with van der Waals surface area (Å²) in [6, 6.07) is 0. The zero-order valence-electron chi connectivity index (χ0n) is 11.5. The molecule has 3 rings (SSSR count). The molecule has 0 aromatic carbocycles. The van der Waals surface area contributed by atoms with Gasteiger partial charge < -0.3 is 9.84 Å². The van der Waals surface area contributed by atoms with E-state index in [1.165, 1.54) is 11.3 Å². The van der Waals surface area contributed by atoms with Gasteiger partial charge in [0.1, 0.15) is 11.1 Å². The van der Waals surface area contributed by atoms with E-state index in [9.17, 15) is 5.11 Å².